The summed E-state index contributed by atoms with van der Waals surface area (Å²) in [4.78, 5) is 14.8. The van der Waals surface area contributed by atoms with Gasteiger partial charge in [-0.3, -0.25) is 9.69 Å². The van der Waals surface area contributed by atoms with Gasteiger partial charge in [-0.1, -0.05) is 29.8 Å². The summed E-state index contributed by atoms with van der Waals surface area (Å²) >= 11 is 6.42. The molecule has 1 N–H and O–H groups in total. The van der Waals surface area contributed by atoms with Crippen molar-refractivity contribution in [1.82, 2.24) is 10.2 Å². The average molecular weight is 375 g/mol. The fourth-order valence-corrected chi connectivity index (χ4v) is 3.37. The maximum absolute atomic E-state index is 12.5. The van der Waals surface area contributed by atoms with Crippen LogP contribution >= 0.6 is 11.6 Å². The van der Waals surface area contributed by atoms with Gasteiger partial charge in [0, 0.05) is 30.2 Å². The summed E-state index contributed by atoms with van der Waals surface area (Å²) in [5, 5.41) is 3.75. The number of nitrogens with one attached hydrogen (secondary N) is 1. The smallest absolute Gasteiger partial charge is 0.251 e. The lowest BCUT2D eigenvalue weighted by molar-refractivity contribution is 0.0162. The van der Waals surface area contributed by atoms with E-state index in [0.29, 0.717) is 30.3 Å². The summed E-state index contributed by atoms with van der Waals surface area (Å²) in [6.45, 7) is 3.48. The summed E-state index contributed by atoms with van der Waals surface area (Å²) in [6, 6.07) is 14.9. The van der Waals surface area contributed by atoms with Crippen molar-refractivity contribution in [3.05, 3.63) is 64.7 Å². The summed E-state index contributed by atoms with van der Waals surface area (Å²) in [5.74, 6) is 0.613. The van der Waals surface area contributed by atoms with Crippen molar-refractivity contribution in [2.24, 2.45) is 0 Å². The number of hydrogen-bond donors (Lipinski definition) is 1. The largest absolute Gasteiger partial charge is 0.497 e. The van der Waals surface area contributed by atoms with Crippen LogP contribution in [-0.4, -0.2) is 50.8 Å². The molecule has 138 valence electrons. The SMILES string of the molecule is COc1ccc(C(=O)NC[C@@H](c2ccccc2Cl)N2CCOCC2)cc1. The molecule has 0 saturated carbocycles. The fourth-order valence-electron chi connectivity index (χ4n) is 3.10. The van der Waals surface area contributed by atoms with Crippen LogP contribution in [0.25, 0.3) is 0 Å². The van der Waals surface area contributed by atoms with Gasteiger partial charge in [0.2, 0.25) is 0 Å². The van der Waals surface area contributed by atoms with Gasteiger partial charge in [-0.15, -0.1) is 0 Å². The number of benzene rings is 2. The molecule has 5 nitrogen and oxygen atoms in total. The second-order valence-corrected chi connectivity index (χ2v) is 6.53. The standard InChI is InChI=1S/C20H23ClN2O3/c1-25-16-8-6-15(7-9-16)20(24)22-14-19(23-10-12-26-13-11-23)17-4-2-3-5-18(17)21/h2-9,19H,10-14H2,1H3,(H,22,24)/t19-/m0/s1. The first kappa shape index (κ1) is 18.7. The lowest BCUT2D eigenvalue weighted by atomic mass is 10.0. The molecule has 3 rings (SSSR count). The zero-order valence-electron chi connectivity index (χ0n) is 14.8. The third kappa shape index (κ3) is 4.55. The zero-order chi connectivity index (χ0) is 18.4. The van der Waals surface area contributed by atoms with E-state index in [9.17, 15) is 4.79 Å². The summed E-state index contributed by atoms with van der Waals surface area (Å²) in [7, 11) is 1.60. The molecule has 1 amide bonds. The molecule has 1 saturated heterocycles. The van der Waals surface area contributed by atoms with Gasteiger partial charge in [0.25, 0.3) is 5.91 Å². The molecular weight excluding hydrogens is 352 g/mol. The van der Waals surface area contributed by atoms with Crippen molar-refractivity contribution in [1.29, 1.82) is 0 Å². The Morgan fingerprint density at radius 2 is 1.88 bits per heavy atom. The molecule has 1 aliphatic heterocycles. The monoisotopic (exact) mass is 374 g/mol. The number of halogens is 1. The topological polar surface area (TPSA) is 50.8 Å². The van der Waals surface area contributed by atoms with Crippen LogP contribution in [0.3, 0.4) is 0 Å². The Bertz CT molecular complexity index is 730. The van der Waals surface area contributed by atoms with Crippen LogP contribution in [0.1, 0.15) is 22.0 Å². The van der Waals surface area contributed by atoms with Crippen LogP contribution in [0.15, 0.2) is 48.5 Å². The molecule has 0 radical (unpaired) electrons. The van der Waals surface area contributed by atoms with Crippen molar-refractivity contribution < 1.29 is 14.3 Å². The minimum absolute atomic E-state index is 0.00907. The normalized spacial score (nSPS) is 16.1. The van der Waals surface area contributed by atoms with E-state index >= 15 is 0 Å². The van der Waals surface area contributed by atoms with Gasteiger partial charge < -0.3 is 14.8 Å². The first-order valence-corrected chi connectivity index (χ1v) is 9.05. The number of methoxy groups -OCH3 is 1. The number of nitrogens with zero attached hydrogens (tertiary/aromatic N) is 1. The molecule has 0 unspecified atom stereocenters. The first-order chi connectivity index (χ1) is 12.7. The Morgan fingerprint density at radius 1 is 1.19 bits per heavy atom. The second kappa shape index (κ2) is 9.03. The van der Waals surface area contributed by atoms with Crippen LogP contribution in [0.4, 0.5) is 0 Å². The Labute approximate surface area is 158 Å². The van der Waals surface area contributed by atoms with Crippen molar-refractivity contribution >= 4 is 17.5 Å². The summed E-state index contributed by atoms with van der Waals surface area (Å²) in [6.07, 6.45) is 0. The van der Waals surface area contributed by atoms with Gasteiger partial charge in [0.05, 0.1) is 26.4 Å². The van der Waals surface area contributed by atoms with Gasteiger partial charge in [0.15, 0.2) is 0 Å². The summed E-state index contributed by atoms with van der Waals surface area (Å²) < 4.78 is 10.6. The number of carbonyl (C=O) groups excluding carboxylic acids is 1. The van der Waals surface area contributed by atoms with E-state index in [1.54, 1.807) is 31.4 Å². The molecule has 0 bridgehead atoms. The molecule has 1 fully saturated rings. The molecule has 2 aromatic carbocycles. The first-order valence-electron chi connectivity index (χ1n) is 8.67. The Balaban J connectivity index is 1.72. The van der Waals surface area contributed by atoms with Gasteiger partial charge in [0.1, 0.15) is 5.75 Å². The highest BCUT2D eigenvalue weighted by molar-refractivity contribution is 6.31. The van der Waals surface area contributed by atoms with Crippen LogP contribution in [0.5, 0.6) is 5.75 Å². The predicted molar refractivity (Wildman–Crippen MR) is 102 cm³/mol. The highest BCUT2D eigenvalue weighted by Gasteiger charge is 2.25. The van der Waals surface area contributed by atoms with Gasteiger partial charge in [-0.2, -0.15) is 0 Å². The average Bonchev–Trinajstić information content (AvgIpc) is 2.70. The molecule has 6 heteroatoms. The van der Waals surface area contributed by atoms with Crippen molar-refractivity contribution in [2.75, 3.05) is 40.0 Å². The number of carbonyl (C=O) groups is 1. The lowest BCUT2D eigenvalue weighted by Gasteiger charge is -2.35. The fraction of sp³-hybridized carbons (Fsp3) is 0.350. The minimum atomic E-state index is -0.113. The van der Waals surface area contributed by atoms with Crippen molar-refractivity contribution in [3.8, 4) is 5.75 Å². The molecule has 0 spiro atoms. The van der Waals surface area contributed by atoms with Crippen LogP contribution in [-0.2, 0) is 4.74 Å². The van der Waals surface area contributed by atoms with E-state index in [2.05, 4.69) is 10.2 Å². The highest BCUT2D eigenvalue weighted by atomic mass is 35.5. The van der Waals surface area contributed by atoms with Gasteiger partial charge in [-0.05, 0) is 35.9 Å². The number of hydrogen-bond acceptors (Lipinski definition) is 4. The second-order valence-electron chi connectivity index (χ2n) is 6.12. The minimum Gasteiger partial charge on any atom is -0.497 e. The molecule has 26 heavy (non-hydrogen) atoms. The van der Waals surface area contributed by atoms with E-state index in [-0.39, 0.29) is 11.9 Å². The van der Waals surface area contributed by atoms with E-state index in [1.165, 1.54) is 0 Å². The van der Waals surface area contributed by atoms with Crippen LogP contribution < -0.4 is 10.1 Å². The van der Waals surface area contributed by atoms with Gasteiger partial charge >= 0.3 is 0 Å². The molecule has 1 aliphatic rings. The maximum atomic E-state index is 12.5. The number of amides is 1. The number of morpholine rings is 1. The highest BCUT2D eigenvalue weighted by Crippen LogP contribution is 2.27. The molecule has 2 aromatic rings. The van der Waals surface area contributed by atoms with Crippen molar-refractivity contribution in [3.63, 3.8) is 0 Å². The predicted octanol–water partition coefficient (Wildman–Crippen LogP) is 3.15. The van der Waals surface area contributed by atoms with E-state index in [4.69, 9.17) is 21.1 Å². The maximum Gasteiger partial charge on any atom is 0.251 e. The van der Waals surface area contributed by atoms with E-state index in [1.807, 2.05) is 24.3 Å². The molecule has 0 aliphatic carbocycles. The molecular formula is C20H23ClN2O3. The third-order valence-corrected chi connectivity index (χ3v) is 4.90. The van der Waals surface area contributed by atoms with Crippen LogP contribution in [0, 0.1) is 0 Å². The number of ether oxygens (including phenoxy) is 2. The third-order valence-electron chi connectivity index (χ3n) is 4.56. The van der Waals surface area contributed by atoms with Crippen LogP contribution in [0.2, 0.25) is 5.02 Å². The molecule has 1 heterocycles. The Hall–Kier alpha value is -2.08. The van der Waals surface area contributed by atoms with E-state index < -0.39 is 0 Å². The Morgan fingerprint density at radius 3 is 2.54 bits per heavy atom. The molecule has 0 aromatic heterocycles. The number of rotatable bonds is 6. The quantitative estimate of drug-likeness (QED) is 0.843. The van der Waals surface area contributed by atoms with Crippen molar-refractivity contribution in [2.45, 2.75) is 6.04 Å². The summed E-state index contributed by atoms with van der Waals surface area (Å²) in [5.41, 5.74) is 1.62. The van der Waals surface area contributed by atoms with Gasteiger partial charge in [-0.25, -0.2) is 0 Å². The van der Waals surface area contributed by atoms with E-state index in [0.717, 1.165) is 24.4 Å². The Kier molecular flexibility index (Phi) is 6.50. The molecule has 1 atom stereocenters. The lowest BCUT2D eigenvalue weighted by Crippen LogP contribution is -2.44. The zero-order valence-corrected chi connectivity index (χ0v) is 15.5.